The van der Waals surface area contributed by atoms with E-state index in [2.05, 4.69) is 24.5 Å². The minimum absolute atomic E-state index is 0.0319. The average Bonchev–Trinajstić information content (AvgIpc) is 2.61. The number of halogens is 1. The number of hydrogen-bond donors (Lipinski definition) is 2. The van der Waals surface area contributed by atoms with Gasteiger partial charge in [-0.05, 0) is 43.1 Å². The Labute approximate surface area is 165 Å². The molecule has 0 unspecified atom stereocenters. The van der Waals surface area contributed by atoms with Gasteiger partial charge < -0.3 is 10.6 Å². The van der Waals surface area contributed by atoms with E-state index in [1.54, 1.807) is 18.0 Å². The molecule has 0 fully saturated rings. The molecule has 0 bridgehead atoms. The fraction of sp³-hybridized carbons (Fsp3) is 0.364. The molecule has 0 aliphatic carbocycles. The second-order valence-electron chi connectivity index (χ2n) is 7.39. The first-order valence-corrected chi connectivity index (χ1v) is 9.41. The second kappa shape index (κ2) is 10.6. The van der Waals surface area contributed by atoms with Gasteiger partial charge in [-0.25, -0.2) is 4.39 Å². The van der Waals surface area contributed by atoms with Crippen molar-refractivity contribution in [3.05, 3.63) is 66.0 Å². The van der Waals surface area contributed by atoms with Crippen LogP contribution in [0, 0.1) is 11.7 Å². The lowest BCUT2D eigenvalue weighted by molar-refractivity contribution is -0.123. The minimum atomic E-state index is -0.414. The van der Waals surface area contributed by atoms with Gasteiger partial charge in [0.15, 0.2) is 0 Å². The van der Waals surface area contributed by atoms with Gasteiger partial charge in [0, 0.05) is 5.69 Å². The van der Waals surface area contributed by atoms with E-state index in [0.717, 1.165) is 12.0 Å². The van der Waals surface area contributed by atoms with Gasteiger partial charge in [-0.3, -0.25) is 14.5 Å². The Kier molecular flexibility index (Phi) is 8.14. The number of nitrogens with zero attached hydrogens (tertiary/aromatic N) is 1. The Morgan fingerprint density at radius 2 is 1.68 bits per heavy atom. The Balaban J connectivity index is 1.87. The smallest absolute Gasteiger partial charge is 0.238 e. The van der Waals surface area contributed by atoms with E-state index in [9.17, 15) is 14.0 Å². The van der Waals surface area contributed by atoms with Crippen LogP contribution in [-0.4, -0.2) is 36.9 Å². The number of carbonyl (C=O) groups excluding carboxylic acids is 2. The van der Waals surface area contributed by atoms with E-state index in [-0.39, 0.29) is 30.9 Å². The van der Waals surface area contributed by atoms with Crippen LogP contribution >= 0.6 is 0 Å². The molecule has 0 saturated carbocycles. The summed E-state index contributed by atoms with van der Waals surface area (Å²) < 4.78 is 13.2. The zero-order valence-corrected chi connectivity index (χ0v) is 16.6. The summed E-state index contributed by atoms with van der Waals surface area (Å²) in [4.78, 5) is 26.2. The van der Waals surface area contributed by atoms with Crippen LogP contribution < -0.4 is 10.6 Å². The number of nitrogens with one attached hydrogen (secondary N) is 2. The van der Waals surface area contributed by atoms with Crippen molar-refractivity contribution in [1.82, 2.24) is 10.2 Å². The summed E-state index contributed by atoms with van der Waals surface area (Å²) in [7, 11) is 1.70. The third-order valence-electron chi connectivity index (χ3n) is 4.18. The normalized spacial score (nSPS) is 12.1. The molecule has 0 saturated heterocycles. The predicted octanol–water partition coefficient (Wildman–Crippen LogP) is 3.60. The van der Waals surface area contributed by atoms with E-state index < -0.39 is 5.82 Å². The topological polar surface area (TPSA) is 61.4 Å². The minimum Gasteiger partial charge on any atom is -0.348 e. The van der Waals surface area contributed by atoms with Gasteiger partial charge in [-0.15, -0.1) is 0 Å². The molecule has 150 valence electrons. The van der Waals surface area contributed by atoms with Crippen LogP contribution in [0.15, 0.2) is 54.6 Å². The number of likely N-dealkylation sites (N-methyl/N-ethyl adjacent to an activating group) is 1. The number of amides is 2. The van der Waals surface area contributed by atoms with Gasteiger partial charge in [0.25, 0.3) is 0 Å². The number of rotatable bonds is 9. The average molecular weight is 385 g/mol. The molecule has 2 aromatic carbocycles. The first kappa shape index (κ1) is 21.6. The van der Waals surface area contributed by atoms with Crippen LogP contribution in [0.5, 0.6) is 0 Å². The molecule has 0 aliphatic rings. The molecule has 28 heavy (non-hydrogen) atoms. The van der Waals surface area contributed by atoms with E-state index >= 15 is 0 Å². The highest BCUT2D eigenvalue weighted by molar-refractivity contribution is 5.92. The summed E-state index contributed by atoms with van der Waals surface area (Å²) in [6.07, 6.45) is 0.833. The molecule has 0 aliphatic heterocycles. The van der Waals surface area contributed by atoms with Gasteiger partial charge in [0.1, 0.15) is 5.82 Å². The van der Waals surface area contributed by atoms with Gasteiger partial charge >= 0.3 is 0 Å². The molecule has 6 heteroatoms. The van der Waals surface area contributed by atoms with Crippen LogP contribution in [0.25, 0.3) is 0 Å². The second-order valence-corrected chi connectivity index (χ2v) is 7.39. The molecule has 1 atom stereocenters. The molecule has 0 heterocycles. The molecular weight excluding hydrogens is 357 g/mol. The Hall–Kier alpha value is -2.73. The largest absolute Gasteiger partial charge is 0.348 e. The highest BCUT2D eigenvalue weighted by Gasteiger charge is 2.18. The van der Waals surface area contributed by atoms with Crippen molar-refractivity contribution in [3.63, 3.8) is 0 Å². The first-order chi connectivity index (χ1) is 13.3. The highest BCUT2D eigenvalue weighted by Crippen LogP contribution is 2.21. The highest BCUT2D eigenvalue weighted by atomic mass is 19.1. The molecule has 0 aromatic heterocycles. The molecule has 0 spiro atoms. The SMILES string of the molecule is CC(C)C[C@@H](NC(=O)CN(C)CC(=O)Nc1cccc(F)c1)c1ccccc1. The maximum absolute atomic E-state index is 13.2. The van der Waals surface area contributed by atoms with Crippen molar-refractivity contribution < 1.29 is 14.0 Å². The zero-order valence-electron chi connectivity index (χ0n) is 16.6. The number of benzene rings is 2. The Morgan fingerprint density at radius 1 is 1.00 bits per heavy atom. The van der Waals surface area contributed by atoms with Gasteiger partial charge in [-0.2, -0.15) is 0 Å². The standard InChI is InChI=1S/C22H28FN3O2/c1-16(2)12-20(17-8-5-4-6-9-17)25-22(28)15-26(3)14-21(27)24-19-11-7-10-18(23)13-19/h4-11,13,16,20H,12,14-15H2,1-3H3,(H,24,27)(H,25,28)/t20-/m1/s1. The lowest BCUT2D eigenvalue weighted by atomic mass is 9.97. The lowest BCUT2D eigenvalue weighted by Crippen LogP contribution is -2.40. The van der Waals surface area contributed by atoms with Crippen LogP contribution in [0.1, 0.15) is 31.9 Å². The van der Waals surface area contributed by atoms with Crippen molar-refractivity contribution in [3.8, 4) is 0 Å². The van der Waals surface area contributed by atoms with Crippen molar-refractivity contribution in [2.75, 3.05) is 25.5 Å². The Bertz CT molecular complexity index is 780. The van der Waals surface area contributed by atoms with Crippen molar-refractivity contribution >= 4 is 17.5 Å². The summed E-state index contributed by atoms with van der Waals surface area (Å²) in [6.45, 7) is 4.36. The molecule has 2 rings (SSSR count). The van der Waals surface area contributed by atoms with Crippen LogP contribution in [0.3, 0.4) is 0 Å². The zero-order chi connectivity index (χ0) is 20.5. The molecule has 2 N–H and O–H groups in total. The van der Waals surface area contributed by atoms with Crippen molar-refractivity contribution in [2.45, 2.75) is 26.3 Å². The first-order valence-electron chi connectivity index (χ1n) is 9.41. The molecule has 5 nitrogen and oxygen atoms in total. The maximum atomic E-state index is 13.2. The fourth-order valence-electron chi connectivity index (χ4n) is 2.99. The van der Waals surface area contributed by atoms with Crippen molar-refractivity contribution in [1.29, 1.82) is 0 Å². The summed E-state index contributed by atoms with van der Waals surface area (Å²) in [5.74, 6) is -0.429. The Morgan fingerprint density at radius 3 is 2.32 bits per heavy atom. The van der Waals surface area contributed by atoms with Gasteiger partial charge in [-0.1, -0.05) is 50.2 Å². The molecule has 0 radical (unpaired) electrons. The quantitative estimate of drug-likeness (QED) is 0.693. The van der Waals surface area contributed by atoms with Gasteiger partial charge in [0.2, 0.25) is 11.8 Å². The number of anilines is 1. The van der Waals surface area contributed by atoms with Crippen LogP contribution in [-0.2, 0) is 9.59 Å². The molecular formula is C22H28FN3O2. The molecule has 2 amide bonds. The van der Waals surface area contributed by atoms with Crippen LogP contribution in [0.4, 0.5) is 10.1 Å². The summed E-state index contributed by atoms with van der Waals surface area (Å²) in [6, 6.07) is 15.5. The fourth-order valence-corrected chi connectivity index (χ4v) is 2.99. The number of carbonyl (C=O) groups is 2. The predicted molar refractivity (Wildman–Crippen MR) is 109 cm³/mol. The third-order valence-corrected chi connectivity index (χ3v) is 4.18. The van der Waals surface area contributed by atoms with Crippen molar-refractivity contribution in [2.24, 2.45) is 5.92 Å². The number of hydrogen-bond acceptors (Lipinski definition) is 3. The van der Waals surface area contributed by atoms with E-state index in [1.807, 2.05) is 30.3 Å². The van der Waals surface area contributed by atoms with Gasteiger partial charge in [0.05, 0.1) is 19.1 Å². The maximum Gasteiger partial charge on any atom is 0.238 e. The monoisotopic (exact) mass is 385 g/mol. The van der Waals surface area contributed by atoms with Crippen LogP contribution in [0.2, 0.25) is 0 Å². The van der Waals surface area contributed by atoms with E-state index in [1.165, 1.54) is 18.2 Å². The lowest BCUT2D eigenvalue weighted by Gasteiger charge is -2.23. The summed E-state index contributed by atoms with van der Waals surface area (Å²) >= 11 is 0. The summed E-state index contributed by atoms with van der Waals surface area (Å²) in [5, 5.41) is 5.69. The summed E-state index contributed by atoms with van der Waals surface area (Å²) in [5.41, 5.74) is 1.46. The molecule has 2 aromatic rings. The third kappa shape index (κ3) is 7.48. The van der Waals surface area contributed by atoms with E-state index in [0.29, 0.717) is 11.6 Å². The van der Waals surface area contributed by atoms with E-state index in [4.69, 9.17) is 0 Å².